The molecule has 1 aromatic heterocycles. The van der Waals surface area contributed by atoms with Crippen molar-refractivity contribution in [1.82, 2.24) is 14.8 Å². The number of amides is 4. The van der Waals surface area contributed by atoms with E-state index in [1.165, 1.54) is 0 Å². The van der Waals surface area contributed by atoms with Crippen molar-refractivity contribution in [1.29, 1.82) is 0 Å². The molecular weight excluding hydrogens is 689 g/mol. The van der Waals surface area contributed by atoms with Gasteiger partial charge in [0.25, 0.3) is 5.91 Å². The highest BCUT2D eigenvalue weighted by Crippen LogP contribution is 2.26. The van der Waals surface area contributed by atoms with Crippen LogP contribution in [0.25, 0.3) is 12.2 Å². The number of aromatic nitrogens is 1. The largest absolute Gasteiger partial charge is 0.380 e. The average Bonchev–Trinajstić information content (AvgIpc) is 3.93. The summed E-state index contributed by atoms with van der Waals surface area (Å²) in [7, 11) is 0. The first kappa shape index (κ1) is 36.8. The summed E-state index contributed by atoms with van der Waals surface area (Å²) in [6.07, 6.45) is 10.3. The molecule has 0 radical (unpaired) electrons. The number of rotatable bonds is 12. The summed E-state index contributed by atoms with van der Waals surface area (Å²) in [4.78, 5) is 60.7. The zero-order chi connectivity index (χ0) is 38.0. The Hall–Kier alpha value is -6.55. The highest BCUT2D eigenvalue weighted by Gasteiger charge is 2.36. The second kappa shape index (κ2) is 17.5. The molecule has 55 heavy (non-hydrogen) atoms. The normalized spacial score (nSPS) is 16.6. The van der Waals surface area contributed by atoms with Crippen molar-refractivity contribution in [3.63, 3.8) is 0 Å². The third-order valence-electron chi connectivity index (χ3n) is 10.1. The molecule has 4 amide bonds. The van der Waals surface area contributed by atoms with E-state index in [2.05, 4.69) is 20.9 Å². The van der Waals surface area contributed by atoms with Gasteiger partial charge in [0.15, 0.2) is 0 Å². The number of pyridine rings is 1. The van der Waals surface area contributed by atoms with E-state index >= 15 is 0 Å². The van der Waals surface area contributed by atoms with Gasteiger partial charge in [-0.2, -0.15) is 0 Å². The Kier molecular flexibility index (Phi) is 11.7. The molecule has 2 atom stereocenters. The zero-order valence-corrected chi connectivity index (χ0v) is 30.6. The molecule has 278 valence electrons. The van der Waals surface area contributed by atoms with E-state index in [1.54, 1.807) is 28.3 Å². The maximum absolute atomic E-state index is 13.8. The Morgan fingerprint density at radius 3 is 1.82 bits per heavy atom. The van der Waals surface area contributed by atoms with Crippen LogP contribution in [0.15, 0.2) is 128 Å². The van der Waals surface area contributed by atoms with E-state index in [0.29, 0.717) is 49.4 Å². The fourth-order valence-electron chi connectivity index (χ4n) is 7.17. The van der Waals surface area contributed by atoms with Gasteiger partial charge in [-0.3, -0.25) is 24.2 Å². The average molecular weight is 733 g/mol. The smallest absolute Gasteiger partial charge is 0.256 e. The SMILES string of the molecule is O=C(Nc1ccc(/C=C/c2ccc(NC(=O)[C@@H]3CCCN3C(=O)c3ccccc3NCc3ccccc3)cc2)cc1)[C@@H]1CCCN1C(=O)Cc1cccnc1. The van der Waals surface area contributed by atoms with Gasteiger partial charge in [-0.15, -0.1) is 0 Å². The van der Waals surface area contributed by atoms with Crippen LogP contribution < -0.4 is 16.0 Å². The lowest BCUT2D eigenvalue weighted by molar-refractivity contribution is -0.136. The molecule has 10 nitrogen and oxygen atoms in total. The van der Waals surface area contributed by atoms with Crippen LogP contribution in [-0.2, 0) is 27.3 Å². The molecule has 0 saturated carbocycles. The topological polar surface area (TPSA) is 124 Å². The first-order valence-electron chi connectivity index (χ1n) is 18.8. The van der Waals surface area contributed by atoms with Crippen molar-refractivity contribution in [2.45, 2.75) is 50.7 Å². The molecular formula is C45H44N6O4. The summed E-state index contributed by atoms with van der Waals surface area (Å²) in [6.45, 7) is 1.68. The Bertz CT molecular complexity index is 2140. The van der Waals surface area contributed by atoms with Crippen molar-refractivity contribution in [3.8, 4) is 0 Å². The molecule has 0 spiro atoms. The first-order valence-corrected chi connectivity index (χ1v) is 18.8. The minimum atomic E-state index is -0.556. The van der Waals surface area contributed by atoms with Gasteiger partial charge < -0.3 is 25.8 Å². The van der Waals surface area contributed by atoms with Crippen molar-refractivity contribution in [3.05, 3.63) is 155 Å². The van der Waals surface area contributed by atoms with Gasteiger partial charge in [-0.1, -0.05) is 84.9 Å². The third-order valence-corrected chi connectivity index (χ3v) is 10.1. The molecule has 2 aliphatic heterocycles. The number of para-hydroxylation sites is 1. The quantitative estimate of drug-likeness (QED) is 0.116. The summed E-state index contributed by atoms with van der Waals surface area (Å²) in [5.41, 5.74) is 6.46. The first-order chi connectivity index (χ1) is 26.9. The molecule has 0 unspecified atom stereocenters. The predicted octanol–water partition coefficient (Wildman–Crippen LogP) is 7.28. The summed E-state index contributed by atoms with van der Waals surface area (Å²) >= 11 is 0. The van der Waals surface area contributed by atoms with Gasteiger partial charge in [-0.05, 0) is 90.4 Å². The van der Waals surface area contributed by atoms with E-state index in [0.717, 1.165) is 40.8 Å². The summed E-state index contributed by atoms with van der Waals surface area (Å²) < 4.78 is 0. The number of likely N-dealkylation sites (tertiary alicyclic amines) is 2. The number of nitrogens with zero attached hydrogens (tertiary/aromatic N) is 3. The van der Waals surface area contributed by atoms with Crippen LogP contribution in [0, 0.1) is 0 Å². The van der Waals surface area contributed by atoms with Crippen LogP contribution in [0.1, 0.15) is 58.3 Å². The number of benzene rings is 4. The van der Waals surface area contributed by atoms with Crippen molar-refractivity contribution >= 4 is 52.8 Å². The number of carbonyl (C=O) groups excluding carboxylic acids is 4. The summed E-state index contributed by atoms with van der Waals surface area (Å²) in [6, 6.07) is 35.2. The van der Waals surface area contributed by atoms with Crippen molar-refractivity contribution < 1.29 is 19.2 Å². The van der Waals surface area contributed by atoms with E-state index in [-0.39, 0.29) is 30.0 Å². The number of hydrogen-bond donors (Lipinski definition) is 3. The fourth-order valence-corrected chi connectivity index (χ4v) is 7.17. The Morgan fingerprint density at radius 2 is 1.20 bits per heavy atom. The zero-order valence-electron chi connectivity index (χ0n) is 30.6. The molecule has 0 bridgehead atoms. The number of anilines is 3. The van der Waals surface area contributed by atoms with Crippen molar-refractivity contribution in [2.24, 2.45) is 0 Å². The summed E-state index contributed by atoms with van der Waals surface area (Å²) in [5, 5.41) is 9.38. The van der Waals surface area contributed by atoms with Crippen LogP contribution in [0.4, 0.5) is 17.1 Å². The van der Waals surface area contributed by atoms with Crippen LogP contribution in [0.2, 0.25) is 0 Å². The number of hydrogen-bond acceptors (Lipinski definition) is 6. The number of nitrogens with one attached hydrogen (secondary N) is 3. The number of carbonyl (C=O) groups is 4. The van der Waals surface area contributed by atoms with Gasteiger partial charge in [0.05, 0.1) is 12.0 Å². The lowest BCUT2D eigenvalue weighted by atomic mass is 10.1. The molecule has 7 rings (SSSR count). The van der Waals surface area contributed by atoms with Crippen LogP contribution in [-0.4, -0.2) is 63.6 Å². The fraction of sp³-hybridized carbons (Fsp3) is 0.222. The third kappa shape index (κ3) is 9.34. The molecule has 5 aromatic rings. The van der Waals surface area contributed by atoms with Gasteiger partial charge in [0, 0.05) is 49.1 Å². The molecule has 0 aliphatic carbocycles. The molecule has 3 N–H and O–H groups in total. The van der Waals surface area contributed by atoms with Gasteiger partial charge in [0.2, 0.25) is 17.7 Å². The second-order valence-electron chi connectivity index (χ2n) is 13.9. The summed E-state index contributed by atoms with van der Waals surface area (Å²) in [5.74, 6) is -0.613. The molecule has 2 fully saturated rings. The van der Waals surface area contributed by atoms with Crippen LogP contribution in [0.3, 0.4) is 0 Å². The van der Waals surface area contributed by atoms with Crippen LogP contribution >= 0.6 is 0 Å². The lowest BCUT2D eigenvalue weighted by Gasteiger charge is -2.25. The van der Waals surface area contributed by atoms with Crippen LogP contribution in [0.5, 0.6) is 0 Å². The molecule has 2 aliphatic rings. The maximum Gasteiger partial charge on any atom is 0.256 e. The van der Waals surface area contributed by atoms with Crippen molar-refractivity contribution in [2.75, 3.05) is 29.0 Å². The standard InChI is InChI=1S/C45H44N6O4/c52-42(29-35-11-6-26-46-30-35)50-27-7-14-40(50)43(53)48-36-22-18-32(19-23-36)16-17-33-20-24-37(25-21-33)49-44(54)41-15-8-28-51(41)45(55)38-12-4-5-13-39(38)47-31-34-9-2-1-3-10-34/h1-6,9-13,16-26,30,40-41,47H,7-8,14-15,27-29,31H2,(H,48,53)(H,49,54)/b17-16+/t40-,41-/m0/s1. The Labute approximate surface area is 321 Å². The second-order valence-corrected chi connectivity index (χ2v) is 13.9. The Morgan fingerprint density at radius 1 is 0.636 bits per heavy atom. The molecule has 10 heteroatoms. The minimum Gasteiger partial charge on any atom is -0.380 e. The van der Waals surface area contributed by atoms with E-state index in [1.807, 2.05) is 121 Å². The minimum absolute atomic E-state index is 0.0702. The molecule has 4 aromatic carbocycles. The molecule has 2 saturated heterocycles. The van der Waals surface area contributed by atoms with Gasteiger partial charge >= 0.3 is 0 Å². The predicted molar refractivity (Wildman–Crippen MR) is 216 cm³/mol. The maximum atomic E-state index is 13.8. The monoisotopic (exact) mass is 732 g/mol. The highest BCUT2D eigenvalue weighted by atomic mass is 16.2. The lowest BCUT2D eigenvalue weighted by Crippen LogP contribution is -2.43. The van der Waals surface area contributed by atoms with Gasteiger partial charge in [0.1, 0.15) is 12.1 Å². The van der Waals surface area contributed by atoms with E-state index in [4.69, 9.17) is 0 Å². The van der Waals surface area contributed by atoms with Gasteiger partial charge in [-0.25, -0.2) is 0 Å². The van der Waals surface area contributed by atoms with E-state index in [9.17, 15) is 19.2 Å². The van der Waals surface area contributed by atoms with E-state index < -0.39 is 12.1 Å². The highest BCUT2D eigenvalue weighted by molar-refractivity contribution is 6.04. The Balaban J connectivity index is 0.904. The molecule has 3 heterocycles.